The van der Waals surface area contributed by atoms with E-state index in [1.165, 1.54) is 41.4 Å². The Hall–Kier alpha value is -2.88. The van der Waals surface area contributed by atoms with Crippen LogP contribution in [0.15, 0.2) is 91.0 Å². The Morgan fingerprint density at radius 2 is 1.21 bits per heavy atom. The molecule has 0 fully saturated rings. The minimum atomic E-state index is 0.888. The molecule has 136 valence electrons. The molecule has 5 rings (SSSR count). The molecule has 2 heterocycles. The first-order chi connectivity index (χ1) is 13.8. The highest BCUT2D eigenvalue weighted by Gasteiger charge is 2.10. The van der Waals surface area contributed by atoms with Gasteiger partial charge in [0.25, 0.3) is 0 Å². The third-order valence-electron chi connectivity index (χ3n) is 4.88. The highest BCUT2D eigenvalue weighted by atomic mass is 32.1. The molecule has 0 aliphatic rings. The summed E-state index contributed by atoms with van der Waals surface area (Å²) in [6.45, 7) is 0. The van der Waals surface area contributed by atoms with Gasteiger partial charge in [-0.15, -0.1) is 22.7 Å². The summed E-state index contributed by atoms with van der Waals surface area (Å²) in [4.78, 5) is 5.21. The lowest BCUT2D eigenvalue weighted by Gasteiger charge is -2.03. The van der Waals surface area contributed by atoms with Gasteiger partial charge >= 0.3 is 0 Å². The van der Waals surface area contributed by atoms with Crippen LogP contribution >= 0.6 is 22.7 Å². The van der Waals surface area contributed by atoms with Crippen molar-refractivity contribution < 1.29 is 4.74 Å². The maximum atomic E-state index is 5.26. The van der Waals surface area contributed by atoms with E-state index in [2.05, 4.69) is 78.9 Å². The van der Waals surface area contributed by atoms with Crippen molar-refractivity contribution in [1.82, 2.24) is 0 Å². The Kier molecular flexibility index (Phi) is 4.47. The van der Waals surface area contributed by atoms with Crippen LogP contribution in [0.2, 0.25) is 0 Å². The lowest BCUT2D eigenvalue weighted by molar-refractivity contribution is 0.415. The van der Waals surface area contributed by atoms with Crippen molar-refractivity contribution in [3.05, 3.63) is 91.0 Å². The van der Waals surface area contributed by atoms with Crippen molar-refractivity contribution >= 4 is 33.4 Å². The molecule has 5 aromatic rings. The Morgan fingerprint density at radius 1 is 0.571 bits per heavy atom. The highest BCUT2D eigenvalue weighted by Crippen LogP contribution is 2.41. The summed E-state index contributed by atoms with van der Waals surface area (Å²) in [6, 6.07) is 32.3. The van der Waals surface area contributed by atoms with Crippen LogP contribution in [0.4, 0.5) is 0 Å². The molecule has 3 heteroatoms. The standard InChI is InChI=1S/C25H18OS2/c1-26-19-11-9-18(10-12-19)22-13-15-24(27-22)25-16-14-23(28-25)21-8-4-6-17-5-2-3-7-20(17)21/h2-16H,1H3. The molecule has 0 saturated carbocycles. The summed E-state index contributed by atoms with van der Waals surface area (Å²) >= 11 is 3.69. The van der Waals surface area contributed by atoms with E-state index in [0.29, 0.717) is 0 Å². The van der Waals surface area contributed by atoms with Crippen molar-refractivity contribution in [3.8, 4) is 36.4 Å². The molecule has 0 atom stereocenters. The van der Waals surface area contributed by atoms with Gasteiger partial charge in [-0.2, -0.15) is 0 Å². The molecule has 1 nitrogen and oxygen atoms in total. The van der Waals surface area contributed by atoms with Gasteiger partial charge in [0.05, 0.1) is 7.11 Å². The monoisotopic (exact) mass is 398 g/mol. The van der Waals surface area contributed by atoms with Crippen molar-refractivity contribution in [2.75, 3.05) is 7.11 Å². The summed E-state index contributed by atoms with van der Waals surface area (Å²) in [5.74, 6) is 0.888. The first kappa shape index (κ1) is 17.2. The van der Waals surface area contributed by atoms with E-state index in [9.17, 15) is 0 Å². The van der Waals surface area contributed by atoms with Gasteiger partial charge in [0.2, 0.25) is 0 Å². The Morgan fingerprint density at radius 3 is 2.00 bits per heavy atom. The molecule has 2 aromatic heterocycles. The summed E-state index contributed by atoms with van der Waals surface area (Å²) in [5, 5.41) is 2.59. The zero-order chi connectivity index (χ0) is 18.9. The highest BCUT2D eigenvalue weighted by molar-refractivity contribution is 7.25. The van der Waals surface area contributed by atoms with Crippen LogP contribution in [0.3, 0.4) is 0 Å². The van der Waals surface area contributed by atoms with E-state index >= 15 is 0 Å². The molecule has 0 N–H and O–H groups in total. The van der Waals surface area contributed by atoms with Crippen LogP contribution in [0.25, 0.3) is 41.4 Å². The molecule has 28 heavy (non-hydrogen) atoms. The van der Waals surface area contributed by atoms with Crippen LogP contribution < -0.4 is 4.74 Å². The maximum Gasteiger partial charge on any atom is 0.118 e. The second kappa shape index (κ2) is 7.27. The number of fused-ring (bicyclic) bond motifs is 1. The second-order valence-corrected chi connectivity index (χ2v) is 8.75. The van der Waals surface area contributed by atoms with Gasteiger partial charge in [0, 0.05) is 19.5 Å². The topological polar surface area (TPSA) is 9.23 Å². The Labute approximate surface area is 172 Å². The average Bonchev–Trinajstić information content (AvgIpc) is 3.43. The predicted molar refractivity (Wildman–Crippen MR) is 123 cm³/mol. The lowest BCUT2D eigenvalue weighted by Crippen LogP contribution is -1.81. The van der Waals surface area contributed by atoms with Crippen LogP contribution in [-0.4, -0.2) is 7.11 Å². The van der Waals surface area contributed by atoms with Crippen LogP contribution in [-0.2, 0) is 0 Å². The fraction of sp³-hybridized carbons (Fsp3) is 0.0400. The molecule has 0 unspecified atom stereocenters. The van der Waals surface area contributed by atoms with Gasteiger partial charge in [-0.25, -0.2) is 0 Å². The fourth-order valence-electron chi connectivity index (χ4n) is 3.44. The minimum absolute atomic E-state index is 0.888. The minimum Gasteiger partial charge on any atom is -0.497 e. The Balaban J connectivity index is 1.49. The van der Waals surface area contributed by atoms with Crippen LogP contribution in [0, 0.1) is 0 Å². The smallest absolute Gasteiger partial charge is 0.118 e. The third kappa shape index (κ3) is 3.13. The normalized spacial score (nSPS) is 11.0. The SMILES string of the molecule is COc1ccc(-c2ccc(-c3ccc(-c4cccc5ccccc45)s3)s2)cc1. The van der Waals surface area contributed by atoms with Gasteiger partial charge in [-0.3, -0.25) is 0 Å². The van der Waals surface area contributed by atoms with Crippen molar-refractivity contribution in [2.24, 2.45) is 0 Å². The van der Waals surface area contributed by atoms with Crippen LogP contribution in [0.1, 0.15) is 0 Å². The summed E-state index contributed by atoms with van der Waals surface area (Å²) in [5.41, 5.74) is 2.53. The van der Waals surface area contributed by atoms with Gasteiger partial charge in [0.1, 0.15) is 5.75 Å². The average molecular weight is 399 g/mol. The van der Waals surface area contributed by atoms with Gasteiger partial charge in [-0.05, 0) is 70.4 Å². The van der Waals surface area contributed by atoms with Crippen molar-refractivity contribution in [3.63, 3.8) is 0 Å². The molecule has 3 aromatic carbocycles. The van der Waals surface area contributed by atoms with E-state index in [1.54, 1.807) is 7.11 Å². The molecular weight excluding hydrogens is 380 g/mol. The first-order valence-electron chi connectivity index (χ1n) is 9.14. The van der Waals surface area contributed by atoms with E-state index in [-0.39, 0.29) is 0 Å². The number of thiophene rings is 2. The third-order valence-corrected chi connectivity index (χ3v) is 7.33. The molecule has 0 spiro atoms. The van der Waals surface area contributed by atoms with Crippen molar-refractivity contribution in [1.29, 1.82) is 0 Å². The molecule has 0 aliphatic heterocycles. The number of hydrogen-bond donors (Lipinski definition) is 0. The van der Waals surface area contributed by atoms with E-state index in [4.69, 9.17) is 4.74 Å². The Bertz CT molecular complexity index is 1240. The zero-order valence-corrected chi connectivity index (χ0v) is 17.0. The number of methoxy groups -OCH3 is 1. The van der Waals surface area contributed by atoms with Gasteiger partial charge < -0.3 is 4.74 Å². The number of rotatable bonds is 4. The van der Waals surface area contributed by atoms with E-state index in [0.717, 1.165) is 5.75 Å². The predicted octanol–water partition coefficient (Wildman–Crippen LogP) is 7.97. The number of ether oxygens (including phenoxy) is 1. The quantitative estimate of drug-likeness (QED) is 0.298. The second-order valence-electron chi connectivity index (χ2n) is 6.58. The molecular formula is C25H18OS2. The largest absolute Gasteiger partial charge is 0.497 e. The molecule has 0 aliphatic carbocycles. The molecule has 0 saturated heterocycles. The number of benzene rings is 3. The zero-order valence-electron chi connectivity index (χ0n) is 15.4. The first-order valence-corrected chi connectivity index (χ1v) is 10.8. The fourth-order valence-corrected chi connectivity index (χ4v) is 5.58. The van der Waals surface area contributed by atoms with E-state index < -0.39 is 0 Å². The van der Waals surface area contributed by atoms with Gasteiger partial charge in [0.15, 0.2) is 0 Å². The van der Waals surface area contributed by atoms with Crippen molar-refractivity contribution in [2.45, 2.75) is 0 Å². The lowest BCUT2D eigenvalue weighted by atomic mass is 10.0. The molecule has 0 radical (unpaired) electrons. The summed E-state index contributed by atoms with van der Waals surface area (Å²) in [6.07, 6.45) is 0. The van der Waals surface area contributed by atoms with Crippen LogP contribution in [0.5, 0.6) is 5.75 Å². The van der Waals surface area contributed by atoms with E-state index in [1.807, 2.05) is 34.8 Å². The maximum absolute atomic E-state index is 5.26. The number of hydrogen-bond acceptors (Lipinski definition) is 3. The molecule has 0 amide bonds. The molecule has 0 bridgehead atoms. The van der Waals surface area contributed by atoms with Gasteiger partial charge in [-0.1, -0.05) is 42.5 Å². The summed E-state index contributed by atoms with van der Waals surface area (Å²) < 4.78 is 5.26. The summed E-state index contributed by atoms with van der Waals surface area (Å²) in [7, 11) is 1.70.